The van der Waals surface area contributed by atoms with E-state index < -0.39 is 0 Å². The summed E-state index contributed by atoms with van der Waals surface area (Å²) in [7, 11) is 0. The Morgan fingerprint density at radius 3 is 2.81 bits per heavy atom. The van der Waals surface area contributed by atoms with E-state index in [9.17, 15) is 4.79 Å². The van der Waals surface area contributed by atoms with Crippen molar-refractivity contribution in [2.24, 2.45) is 11.7 Å². The van der Waals surface area contributed by atoms with Crippen LogP contribution in [0.4, 0.5) is 0 Å². The molecule has 0 radical (unpaired) electrons. The Bertz CT molecular complexity index is 639. The number of amides is 1. The van der Waals surface area contributed by atoms with Crippen LogP contribution in [-0.2, 0) is 0 Å². The molecule has 2 aromatic rings. The number of fused-ring (bicyclic) bond motifs is 1. The molecule has 1 heterocycles. The first-order valence-corrected chi connectivity index (χ1v) is 7.31. The summed E-state index contributed by atoms with van der Waals surface area (Å²) in [6, 6.07) is 9.36. The van der Waals surface area contributed by atoms with E-state index in [1.807, 2.05) is 31.2 Å². The summed E-state index contributed by atoms with van der Waals surface area (Å²) < 4.78 is 0. The molecule has 0 aliphatic rings. The Morgan fingerprint density at radius 2 is 2.14 bits per heavy atom. The fourth-order valence-electron chi connectivity index (χ4n) is 2.65. The zero-order valence-corrected chi connectivity index (χ0v) is 12.9. The normalized spacial score (nSPS) is 14.1. The lowest BCUT2D eigenvalue weighted by molar-refractivity contribution is 0.0898. The monoisotopic (exact) mass is 285 g/mol. The number of nitrogens with one attached hydrogen (secondary N) is 1. The molecule has 0 aliphatic carbocycles. The van der Waals surface area contributed by atoms with Gasteiger partial charge in [-0.3, -0.25) is 9.78 Å². The van der Waals surface area contributed by atoms with E-state index in [0.29, 0.717) is 18.0 Å². The zero-order valence-electron chi connectivity index (χ0n) is 12.9. The summed E-state index contributed by atoms with van der Waals surface area (Å²) >= 11 is 0. The lowest BCUT2D eigenvalue weighted by Crippen LogP contribution is -2.52. The van der Waals surface area contributed by atoms with Crippen LogP contribution in [0.2, 0.25) is 0 Å². The molecule has 4 nitrogen and oxygen atoms in total. The Labute approximate surface area is 125 Å². The predicted molar refractivity (Wildman–Crippen MR) is 86.1 cm³/mol. The van der Waals surface area contributed by atoms with Gasteiger partial charge in [0.15, 0.2) is 0 Å². The second kappa shape index (κ2) is 6.22. The van der Waals surface area contributed by atoms with Gasteiger partial charge in [-0.05, 0) is 43.5 Å². The number of pyridine rings is 1. The van der Waals surface area contributed by atoms with Gasteiger partial charge in [0.1, 0.15) is 0 Å². The molecule has 1 aromatic carbocycles. The number of carbonyl (C=O) groups is 1. The van der Waals surface area contributed by atoms with Crippen LogP contribution < -0.4 is 11.1 Å². The maximum atomic E-state index is 12.5. The molecule has 1 unspecified atom stereocenters. The molecule has 0 saturated carbocycles. The van der Waals surface area contributed by atoms with Gasteiger partial charge in [0, 0.05) is 29.2 Å². The summed E-state index contributed by atoms with van der Waals surface area (Å²) in [5.41, 5.74) is 6.99. The molecule has 1 atom stereocenters. The largest absolute Gasteiger partial charge is 0.346 e. The van der Waals surface area contributed by atoms with E-state index >= 15 is 0 Å². The van der Waals surface area contributed by atoms with Crippen molar-refractivity contribution in [1.82, 2.24) is 10.3 Å². The van der Waals surface area contributed by atoms with Crippen LogP contribution in [0, 0.1) is 5.92 Å². The summed E-state index contributed by atoms with van der Waals surface area (Å²) in [6.45, 7) is 6.67. The van der Waals surface area contributed by atoms with Crippen molar-refractivity contribution in [3.8, 4) is 0 Å². The lowest BCUT2D eigenvalue weighted by atomic mass is 9.90. The first kappa shape index (κ1) is 15.4. The first-order chi connectivity index (χ1) is 9.93. The van der Waals surface area contributed by atoms with Crippen molar-refractivity contribution >= 4 is 16.8 Å². The highest BCUT2D eigenvalue weighted by atomic mass is 16.1. The number of hydrogen-bond donors (Lipinski definition) is 2. The van der Waals surface area contributed by atoms with Crippen LogP contribution in [0.5, 0.6) is 0 Å². The van der Waals surface area contributed by atoms with Crippen LogP contribution in [0.1, 0.15) is 37.6 Å². The number of hydrogen-bond acceptors (Lipinski definition) is 3. The van der Waals surface area contributed by atoms with Gasteiger partial charge in [0.05, 0.1) is 5.52 Å². The molecule has 0 fully saturated rings. The van der Waals surface area contributed by atoms with E-state index in [1.165, 1.54) is 0 Å². The summed E-state index contributed by atoms with van der Waals surface area (Å²) in [4.78, 5) is 16.7. The maximum absolute atomic E-state index is 12.5. The zero-order chi connectivity index (χ0) is 15.5. The molecular weight excluding hydrogens is 262 g/mol. The van der Waals surface area contributed by atoms with Gasteiger partial charge >= 0.3 is 0 Å². The minimum absolute atomic E-state index is 0.0886. The number of aromatic nitrogens is 1. The molecule has 0 aliphatic heterocycles. The van der Waals surface area contributed by atoms with Gasteiger partial charge in [-0.15, -0.1) is 0 Å². The van der Waals surface area contributed by atoms with Crippen molar-refractivity contribution in [3.05, 3.63) is 42.1 Å². The van der Waals surface area contributed by atoms with Crippen molar-refractivity contribution < 1.29 is 4.79 Å². The molecule has 0 saturated heterocycles. The van der Waals surface area contributed by atoms with Crippen molar-refractivity contribution in [2.75, 3.05) is 6.54 Å². The minimum Gasteiger partial charge on any atom is -0.346 e. The third kappa shape index (κ3) is 3.79. The van der Waals surface area contributed by atoms with Gasteiger partial charge in [-0.25, -0.2) is 0 Å². The Balaban J connectivity index is 2.21. The molecule has 2 rings (SSSR count). The van der Waals surface area contributed by atoms with Crippen molar-refractivity contribution in [3.63, 3.8) is 0 Å². The van der Waals surface area contributed by atoms with E-state index in [2.05, 4.69) is 24.1 Å². The average Bonchev–Trinajstić information content (AvgIpc) is 2.45. The Morgan fingerprint density at radius 1 is 1.38 bits per heavy atom. The molecular formula is C17H23N3O. The van der Waals surface area contributed by atoms with E-state index in [0.717, 1.165) is 17.3 Å². The second-order valence-electron chi connectivity index (χ2n) is 6.23. The Kier molecular flexibility index (Phi) is 4.58. The molecule has 21 heavy (non-hydrogen) atoms. The molecule has 0 spiro atoms. The molecule has 4 heteroatoms. The summed E-state index contributed by atoms with van der Waals surface area (Å²) in [5, 5.41) is 4.03. The van der Waals surface area contributed by atoms with Gasteiger partial charge in [-0.2, -0.15) is 0 Å². The third-order valence-corrected chi connectivity index (χ3v) is 3.59. The number of nitrogens with zero attached hydrogens (tertiary/aromatic N) is 1. The number of rotatable bonds is 5. The van der Waals surface area contributed by atoms with E-state index in [-0.39, 0.29) is 11.4 Å². The van der Waals surface area contributed by atoms with Gasteiger partial charge < -0.3 is 11.1 Å². The van der Waals surface area contributed by atoms with Crippen LogP contribution in [0.15, 0.2) is 36.5 Å². The van der Waals surface area contributed by atoms with E-state index in [1.54, 1.807) is 12.3 Å². The fraction of sp³-hybridized carbons (Fsp3) is 0.412. The minimum atomic E-state index is -0.380. The highest BCUT2D eigenvalue weighted by Gasteiger charge is 2.26. The molecule has 0 bridgehead atoms. The van der Waals surface area contributed by atoms with E-state index in [4.69, 9.17) is 5.73 Å². The second-order valence-corrected chi connectivity index (χ2v) is 6.23. The van der Waals surface area contributed by atoms with Gasteiger partial charge in [0.2, 0.25) is 0 Å². The van der Waals surface area contributed by atoms with Gasteiger partial charge in [-0.1, -0.05) is 19.9 Å². The first-order valence-electron chi connectivity index (χ1n) is 7.31. The van der Waals surface area contributed by atoms with Crippen molar-refractivity contribution in [1.29, 1.82) is 0 Å². The number of benzene rings is 1. The fourth-order valence-corrected chi connectivity index (χ4v) is 2.65. The quantitative estimate of drug-likeness (QED) is 0.887. The maximum Gasteiger partial charge on any atom is 0.251 e. The van der Waals surface area contributed by atoms with Crippen LogP contribution in [-0.4, -0.2) is 23.0 Å². The Hall–Kier alpha value is -1.94. The molecule has 1 amide bonds. The highest BCUT2D eigenvalue weighted by Crippen LogP contribution is 2.18. The summed E-state index contributed by atoms with van der Waals surface area (Å²) in [5.74, 6) is 0.383. The lowest BCUT2D eigenvalue weighted by Gasteiger charge is -2.31. The SMILES string of the molecule is CC(C)CC(C)(CN)NC(=O)c1ccc2ncccc2c1. The van der Waals surface area contributed by atoms with Crippen LogP contribution in [0.25, 0.3) is 10.9 Å². The molecule has 3 N–H and O–H groups in total. The highest BCUT2D eigenvalue weighted by molar-refractivity contribution is 5.98. The standard InChI is InChI=1S/C17H23N3O/c1-12(2)10-17(3,11-18)20-16(21)14-6-7-15-13(9-14)5-4-8-19-15/h4-9,12H,10-11,18H2,1-3H3,(H,20,21). The average molecular weight is 285 g/mol. The predicted octanol–water partition coefficient (Wildman–Crippen LogP) is 2.73. The number of carbonyl (C=O) groups excluding carboxylic acids is 1. The topological polar surface area (TPSA) is 68.0 Å². The summed E-state index contributed by atoms with van der Waals surface area (Å²) in [6.07, 6.45) is 2.60. The third-order valence-electron chi connectivity index (χ3n) is 3.59. The van der Waals surface area contributed by atoms with Crippen LogP contribution >= 0.6 is 0 Å². The molecule has 1 aromatic heterocycles. The van der Waals surface area contributed by atoms with Crippen molar-refractivity contribution in [2.45, 2.75) is 32.7 Å². The molecule has 112 valence electrons. The van der Waals surface area contributed by atoms with Gasteiger partial charge in [0.25, 0.3) is 5.91 Å². The smallest absolute Gasteiger partial charge is 0.251 e. The number of nitrogens with two attached hydrogens (primary N) is 1. The van der Waals surface area contributed by atoms with Crippen LogP contribution in [0.3, 0.4) is 0 Å².